The number of hydrogen-bond acceptors (Lipinski definition) is 3. The van der Waals surface area contributed by atoms with Crippen LogP contribution in [0.4, 0.5) is 0 Å². The molecule has 2 aromatic carbocycles. The van der Waals surface area contributed by atoms with E-state index in [1.54, 1.807) is 6.92 Å². The lowest BCUT2D eigenvalue weighted by molar-refractivity contribution is -0.128. The number of aryl methyl sites for hydroxylation is 1. The summed E-state index contributed by atoms with van der Waals surface area (Å²) in [5, 5.41) is 2.93. The molecule has 0 bridgehead atoms. The van der Waals surface area contributed by atoms with E-state index in [9.17, 15) is 4.79 Å². The van der Waals surface area contributed by atoms with Gasteiger partial charge in [0.05, 0.1) is 17.1 Å². The summed E-state index contributed by atoms with van der Waals surface area (Å²) in [6, 6.07) is 15.2. The minimum absolute atomic E-state index is 0.177. The summed E-state index contributed by atoms with van der Waals surface area (Å²) in [5.74, 6) is 1.23. The van der Waals surface area contributed by atoms with Crippen molar-refractivity contribution in [1.82, 2.24) is 15.3 Å². The van der Waals surface area contributed by atoms with E-state index in [-0.39, 0.29) is 11.9 Å². The first-order valence-corrected chi connectivity index (χ1v) is 8.01. The predicted octanol–water partition coefficient (Wildman–Crippen LogP) is 3.52. The molecule has 2 atom stereocenters. The van der Waals surface area contributed by atoms with Gasteiger partial charge in [0.25, 0.3) is 5.91 Å². The molecule has 3 aromatic rings. The van der Waals surface area contributed by atoms with Crippen LogP contribution in [0.25, 0.3) is 11.0 Å². The second-order valence-electron chi connectivity index (χ2n) is 5.94. The summed E-state index contributed by atoms with van der Waals surface area (Å²) in [7, 11) is 0. The second kappa shape index (κ2) is 6.74. The second-order valence-corrected chi connectivity index (χ2v) is 5.94. The summed E-state index contributed by atoms with van der Waals surface area (Å²) >= 11 is 0. The molecule has 124 valence electrons. The Morgan fingerprint density at radius 2 is 1.83 bits per heavy atom. The third-order valence-electron chi connectivity index (χ3n) is 3.88. The summed E-state index contributed by atoms with van der Waals surface area (Å²) in [5.41, 5.74) is 2.99. The molecule has 1 amide bonds. The number of carbonyl (C=O) groups excluding carboxylic acids is 1. The number of nitrogens with one attached hydrogen (secondary N) is 2. The fraction of sp³-hybridized carbons (Fsp3) is 0.263. The Labute approximate surface area is 141 Å². The minimum Gasteiger partial charge on any atom is -0.481 e. The van der Waals surface area contributed by atoms with Crippen LogP contribution in [0.5, 0.6) is 5.75 Å². The van der Waals surface area contributed by atoms with E-state index < -0.39 is 6.10 Å². The molecule has 5 nitrogen and oxygen atoms in total. The number of amides is 1. The van der Waals surface area contributed by atoms with Crippen LogP contribution < -0.4 is 10.1 Å². The number of aromatic amines is 1. The number of aromatic nitrogens is 2. The first-order valence-electron chi connectivity index (χ1n) is 8.01. The number of nitrogens with zero attached hydrogens (tertiary/aromatic N) is 1. The topological polar surface area (TPSA) is 67.0 Å². The van der Waals surface area contributed by atoms with Gasteiger partial charge in [0.2, 0.25) is 0 Å². The number of hydrogen-bond donors (Lipinski definition) is 2. The van der Waals surface area contributed by atoms with Crippen LogP contribution in [0.3, 0.4) is 0 Å². The van der Waals surface area contributed by atoms with Crippen LogP contribution >= 0.6 is 0 Å². The largest absolute Gasteiger partial charge is 0.481 e. The maximum absolute atomic E-state index is 12.3. The third kappa shape index (κ3) is 3.56. The van der Waals surface area contributed by atoms with Crippen molar-refractivity contribution in [3.8, 4) is 5.75 Å². The molecule has 0 aliphatic carbocycles. The van der Waals surface area contributed by atoms with Crippen molar-refractivity contribution in [1.29, 1.82) is 0 Å². The van der Waals surface area contributed by atoms with E-state index >= 15 is 0 Å². The van der Waals surface area contributed by atoms with Crippen LogP contribution in [0.2, 0.25) is 0 Å². The number of para-hydroxylation sites is 2. The highest BCUT2D eigenvalue weighted by Gasteiger charge is 2.19. The molecule has 0 unspecified atom stereocenters. The summed E-state index contributed by atoms with van der Waals surface area (Å²) in [4.78, 5) is 20.1. The van der Waals surface area contributed by atoms with Crippen molar-refractivity contribution in [2.75, 3.05) is 0 Å². The van der Waals surface area contributed by atoms with E-state index in [0.29, 0.717) is 5.75 Å². The van der Waals surface area contributed by atoms with E-state index in [4.69, 9.17) is 4.74 Å². The van der Waals surface area contributed by atoms with Crippen molar-refractivity contribution in [2.45, 2.75) is 32.9 Å². The third-order valence-corrected chi connectivity index (χ3v) is 3.88. The molecule has 0 saturated heterocycles. The van der Waals surface area contributed by atoms with Gasteiger partial charge in [-0.05, 0) is 45.0 Å². The summed E-state index contributed by atoms with van der Waals surface area (Å²) in [6.07, 6.45) is -0.584. The number of carbonyl (C=O) groups is 1. The van der Waals surface area contributed by atoms with Crippen LogP contribution in [-0.2, 0) is 4.79 Å². The van der Waals surface area contributed by atoms with Gasteiger partial charge >= 0.3 is 0 Å². The number of imidazole rings is 1. The van der Waals surface area contributed by atoms with Gasteiger partial charge in [-0.15, -0.1) is 0 Å². The van der Waals surface area contributed by atoms with Crippen LogP contribution in [-0.4, -0.2) is 22.0 Å². The van der Waals surface area contributed by atoms with Crippen molar-refractivity contribution >= 4 is 16.9 Å². The monoisotopic (exact) mass is 323 g/mol. The smallest absolute Gasteiger partial charge is 0.261 e. The molecule has 0 fully saturated rings. The Balaban J connectivity index is 1.63. The highest BCUT2D eigenvalue weighted by molar-refractivity contribution is 5.81. The normalized spacial score (nSPS) is 13.5. The highest BCUT2D eigenvalue weighted by atomic mass is 16.5. The van der Waals surface area contributed by atoms with Crippen LogP contribution in [0, 0.1) is 6.92 Å². The quantitative estimate of drug-likeness (QED) is 0.755. The lowest BCUT2D eigenvalue weighted by Gasteiger charge is -2.17. The van der Waals surface area contributed by atoms with Crippen molar-refractivity contribution in [3.05, 3.63) is 59.9 Å². The highest BCUT2D eigenvalue weighted by Crippen LogP contribution is 2.17. The van der Waals surface area contributed by atoms with Crippen molar-refractivity contribution in [3.63, 3.8) is 0 Å². The van der Waals surface area contributed by atoms with Crippen LogP contribution in [0.1, 0.15) is 31.3 Å². The van der Waals surface area contributed by atoms with Gasteiger partial charge in [-0.1, -0.05) is 29.8 Å². The van der Waals surface area contributed by atoms with Gasteiger partial charge < -0.3 is 15.0 Å². The fourth-order valence-electron chi connectivity index (χ4n) is 2.45. The Hall–Kier alpha value is -2.82. The van der Waals surface area contributed by atoms with Crippen molar-refractivity contribution < 1.29 is 9.53 Å². The molecule has 1 heterocycles. The van der Waals surface area contributed by atoms with E-state index in [1.165, 1.54) is 0 Å². The molecule has 0 saturated carbocycles. The molecule has 5 heteroatoms. The lowest BCUT2D eigenvalue weighted by Crippen LogP contribution is -2.38. The van der Waals surface area contributed by atoms with Gasteiger partial charge in [0.15, 0.2) is 6.10 Å². The van der Waals surface area contributed by atoms with Gasteiger partial charge in [0, 0.05) is 0 Å². The number of H-pyrrole nitrogens is 1. The van der Waals surface area contributed by atoms with Gasteiger partial charge in [-0.2, -0.15) is 0 Å². The Bertz CT molecular complexity index is 806. The first-order chi connectivity index (χ1) is 11.5. The molecule has 2 N–H and O–H groups in total. The first kappa shape index (κ1) is 16.1. The number of fused-ring (bicyclic) bond motifs is 1. The number of rotatable bonds is 5. The Morgan fingerprint density at radius 1 is 1.12 bits per heavy atom. The molecule has 0 spiro atoms. The maximum Gasteiger partial charge on any atom is 0.261 e. The Morgan fingerprint density at radius 3 is 2.54 bits per heavy atom. The molecule has 24 heavy (non-hydrogen) atoms. The number of benzene rings is 2. The summed E-state index contributed by atoms with van der Waals surface area (Å²) < 4.78 is 5.68. The maximum atomic E-state index is 12.3. The molecule has 0 aliphatic rings. The zero-order valence-electron chi connectivity index (χ0n) is 14.0. The lowest BCUT2D eigenvalue weighted by atomic mass is 10.2. The van der Waals surface area contributed by atoms with Crippen LogP contribution in [0.15, 0.2) is 48.5 Å². The standard InChI is InChI=1S/C19H21N3O2/c1-12-8-10-15(11-9-12)24-14(3)19(23)20-13(2)18-21-16-6-4-5-7-17(16)22-18/h4-11,13-14H,1-3H3,(H,20,23)(H,21,22)/t13-,14-/m1/s1. The SMILES string of the molecule is Cc1ccc(O[C@H](C)C(=O)N[C@H](C)c2nc3ccccc3[nH]2)cc1. The Kier molecular flexibility index (Phi) is 4.51. The van der Waals surface area contributed by atoms with Gasteiger partial charge in [0.1, 0.15) is 11.6 Å². The zero-order chi connectivity index (χ0) is 17.1. The summed E-state index contributed by atoms with van der Waals surface area (Å²) in [6.45, 7) is 5.64. The molecule has 1 aromatic heterocycles. The van der Waals surface area contributed by atoms with E-state index in [2.05, 4.69) is 15.3 Å². The molecule has 0 aliphatic heterocycles. The number of ether oxygens (including phenoxy) is 1. The minimum atomic E-state index is -0.584. The fourth-order valence-corrected chi connectivity index (χ4v) is 2.45. The van der Waals surface area contributed by atoms with E-state index in [0.717, 1.165) is 22.4 Å². The molecule has 3 rings (SSSR count). The molecular formula is C19H21N3O2. The average Bonchev–Trinajstić information content (AvgIpc) is 3.01. The zero-order valence-corrected chi connectivity index (χ0v) is 14.0. The van der Waals surface area contributed by atoms with E-state index in [1.807, 2.05) is 62.4 Å². The average molecular weight is 323 g/mol. The van der Waals surface area contributed by atoms with Gasteiger partial charge in [-0.25, -0.2) is 4.98 Å². The molecule has 0 radical (unpaired) electrons. The van der Waals surface area contributed by atoms with Crippen molar-refractivity contribution in [2.24, 2.45) is 0 Å². The molecular weight excluding hydrogens is 302 g/mol. The van der Waals surface area contributed by atoms with Gasteiger partial charge in [-0.3, -0.25) is 4.79 Å². The predicted molar refractivity (Wildman–Crippen MR) is 93.9 cm³/mol.